The Kier molecular flexibility index (Phi) is 6.70. The Balaban J connectivity index is 2.80. The van der Waals surface area contributed by atoms with Crippen LogP contribution in [-0.4, -0.2) is 36.0 Å². The molecule has 0 amide bonds. The van der Waals surface area contributed by atoms with Crippen LogP contribution < -0.4 is 0 Å². The van der Waals surface area contributed by atoms with Crippen LogP contribution in [0.4, 0.5) is 0 Å². The van der Waals surface area contributed by atoms with E-state index in [0.29, 0.717) is 28.4 Å². The summed E-state index contributed by atoms with van der Waals surface area (Å²) in [7, 11) is 0. The first kappa shape index (κ1) is 19.1. The highest BCUT2D eigenvalue weighted by molar-refractivity contribution is 7.97. The molecule has 0 unspecified atom stereocenters. The Hall–Kier alpha value is -2.21. The van der Waals surface area contributed by atoms with Crippen LogP contribution in [0.25, 0.3) is 11.1 Å². The maximum atomic E-state index is 12.7. The van der Waals surface area contributed by atoms with Crippen molar-refractivity contribution < 1.29 is 19.1 Å². The van der Waals surface area contributed by atoms with E-state index in [0.717, 1.165) is 5.56 Å². The van der Waals surface area contributed by atoms with E-state index in [4.69, 9.17) is 9.47 Å². The lowest BCUT2D eigenvalue weighted by Crippen LogP contribution is -2.13. The molecular weight excluding hydrogens is 338 g/mol. The van der Waals surface area contributed by atoms with E-state index >= 15 is 0 Å². The highest BCUT2D eigenvalue weighted by atomic mass is 32.2. The average Bonchev–Trinajstić information content (AvgIpc) is 2.89. The molecule has 25 heavy (non-hydrogen) atoms. The molecule has 134 valence electrons. The molecule has 0 radical (unpaired) electrons. The Bertz CT molecular complexity index is 753. The van der Waals surface area contributed by atoms with E-state index < -0.39 is 11.9 Å². The van der Waals surface area contributed by atoms with Gasteiger partial charge in [0.2, 0.25) is 0 Å². The largest absolute Gasteiger partial charge is 0.462 e. The van der Waals surface area contributed by atoms with Gasteiger partial charge in [0.15, 0.2) is 0 Å². The molecule has 1 aromatic carbocycles. The van der Waals surface area contributed by atoms with Crippen LogP contribution >= 0.6 is 11.8 Å². The zero-order chi connectivity index (χ0) is 18.4. The standard InChI is InChI=1S/C19H23NO4S/c1-5-23-18(21)15-13(3)20(12-25-4)17(19(22)24-6-2)16(15)14-10-8-7-9-11-14/h7-11H,5-6,12H2,1-4H3. The van der Waals surface area contributed by atoms with E-state index in [-0.39, 0.29) is 13.2 Å². The van der Waals surface area contributed by atoms with Gasteiger partial charge in [0.25, 0.3) is 0 Å². The number of rotatable bonds is 7. The number of benzene rings is 1. The molecule has 0 N–H and O–H groups in total. The van der Waals surface area contributed by atoms with Gasteiger partial charge in [-0.25, -0.2) is 9.59 Å². The number of ether oxygens (including phenoxy) is 2. The number of carbonyl (C=O) groups excluding carboxylic acids is 2. The summed E-state index contributed by atoms with van der Waals surface area (Å²) in [5.74, 6) is -0.322. The summed E-state index contributed by atoms with van der Waals surface area (Å²) in [6, 6.07) is 9.40. The van der Waals surface area contributed by atoms with Gasteiger partial charge in [-0.15, -0.1) is 11.8 Å². The second kappa shape index (κ2) is 8.76. The summed E-state index contributed by atoms with van der Waals surface area (Å²) in [6.07, 6.45) is 1.95. The van der Waals surface area contributed by atoms with Crippen molar-refractivity contribution in [3.63, 3.8) is 0 Å². The molecule has 0 aliphatic carbocycles. The number of nitrogens with zero attached hydrogens (tertiary/aromatic N) is 1. The quantitative estimate of drug-likeness (QED) is 0.694. The molecule has 1 heterocycles. The number of thioether (sulfide) groups is 1. The van der Waals surface area contributed by atoms with Gasteiger partial charge < -0.3 is 14.0 Å². The van der Waals surface area contributed by atoms with Gasteiger partial charge in [0, 0.05) is 11.3 Å². The minimum Gasteiger partial charge on any atom is -0.462 e. The van der Waals surface area contributed by atoms with Crippen LogP contribution in [0.5, 0.6) is 0 Å². The van der Waals surface area contributed by atoms with Gasteiger partial charge >= 0.3 is 11.9 Å². The van der Waals surface area contributed by atoms with Crippen molar-refractivity contribution >= 4 is 23.7 Å². The summed E-state index contributed by atoms with van der Waals surface area (Å²) >= 11 is 1.56. The number of aromatic nitrogens is 1. The van der Waals surface area contributed by atoms with Crippen molar-refractivity contribution in [2.45, 2.75) is 26.6 Å². The summed E-state index contributed by atoms with van der Waals surface area (Å²) in [4.78, 5) is 25.3. The Morgan fingerprint density at radius 3 is 2.20 bits per heavy atom. The summed E-state index contributed by atoms with van der Waals surface area (Å²) in [5.41, 5.74) is 2.88. The van der Waals surface area contributed by atoms with Crippen LogP contribution in [0.15, 0.2) is 30.3 Å². The van der Waals surface area contributed by atoms with Crippen LogP contribution in [0, 0.1) is 6.92 Å². The van der Waals surface area contributed by atoms with Crippen LogP contribution in [0.2, 0.25) is 0 Å². The summed E-state index contributed by atoms with van der Waals surface area (Å²) < 4.78 is 12.3. The third kappa shape index (κ3) is 3.90. The zero-order valence-electron chi connectivity index (χ0n) is 15.0. The smallest absolute Gasteiger partial charge is 0.355 e. The molecule has 5 nitrogen and oxygen atoms in total. The van der Waals surface area contributed by atoms with Crippen molar-refractivity contribution in [3.8, 4) is 11.1 Å². The maximum absolute atomic E-state index is 12.7. The number of carbonyl (C=O) groups is 2. The second-order valence-corrected chi connectivity index (χ2v) is 6.17. The van der Waals surface area contributed by atoms with Gasteiger partial charge in [-0.05, 0) is 32.6 Å². The highest BCUT2D eigenvalue weighted by Crippen LogP contribution is 2.34. The topological polar surface area (TPSA) is 57.5 Å². The van der Waals surface area contributed by atoms with Gasteiger partial charge in [-0.1, -0.05) is 30.3 Å². The van der Waals surface area contributed by atoms with Crippen molar-refractivity contribution in [1.29, 1.82) is 0 Å². The monoisotopic (exact) mass is 361 g/mol. The minimum atomic E-state index is -0.436. The van der Waals surface area contributed by atoms with E-state index in [1.165, 1.54) is 0 Å². The molecule has 1 aromatic heterocycles. The van der Waals surface area contributed by atoms with Crippen molar-refractivity contribution in [2.75, 3.05) is 19.5 Å². The molecular formula is C19H23NO4S. The number of hydrogen-bond donors (Lipinski definition) is 0. The zero-order valence-corrected chi connectivity index (χ0v) is 15.8. The molecule has 0 saturated heterocycles. The fraction of sp³-hybridized carbons (Fsp3) is 0.368. The lowest BCUT2D eigenvalue weighted by Gasteiger charge is -2.11. The molecule has 0 spiro atoms. The molecule has 0 fully saturated rings. The first-order valence-corrected chi connectivity index (χ1v) is 9.57. The predicted molar refractivity (Wildman–Crippen MR) is 100 cm³/mol. The lowest BCUT2D eigenvalue weighted by molar-refractivity contribution is 0.0513. The Morgan fingerprint density at radius 2 is 1.64 bits per heavy atom. The first-order chi connectivity index (χ1) is 12.1. The third-order valence-corrected chi connectivity index (χ3v) is 4.31. The lowest BCUT2D eigenvalue weighted by atomic mass is 10.00. The van der Waals surface area contributed by atoms with Crippen molar-refractivity contribution in [1.82, 2.24) is 4.57 Å². The maximum Gasteiger partial charge on any atom is 0.355 e. The fourth-order valence-electron chi connectivity index (χ4n) is 2.78. The predicted octanol–water partition coefficient (Wildman–Crippen LogP) is 4.14. The molecule has 0 atom stereocenters. The molecule has 0 saturated carbocycles. The van der Waals surface area contributed by atoms with E-state index in [2.05, 4.69) is 0 Å². The fourth-order valence-corrected chi connectivity index (χ4v) is 3.36. The normalized spacial score (nSPS) is 10.6. The van der Waals surface area contributed by atoms with Crippen LogP contribution in [0.1, 0.15) is 40.4 Å². The second-order valence-electron chi connectivity index (χ2n) is 5.34. The van der Waals surface area contributed by atoms with E-state index in [1.807, 2.05) is 48.1 Å². The molecule has 0 aliphatic rings. The molecule has 0 bridgehead atoms. The highest BCUT2D eigenvalue weighted by Gasteiger charge is 2.31. The number of esters is 2. The van der Waals surface area contributed by atoms with Crippen LogP contribution in [-0.2, 0) is 15.4 Å². The first-order valence-electron chi connectivity index (χ1n) is 8.18. The average molecular weight is 361 g/mol. The van der Waals surface area contributed by atoms with Gasteiger partial charge in [-0.3, -0.25) is 0 Å². The van der Waals surface area contributed by atoms with E-state index in [1.54, 1.807) is 25.6 Å². The molecule has 0 aliphatic heterocycles. The van der Waals surface area contributed by atoms with Gasteiger partial charge in [0.1, 0.15) is 5.69 Å². The summed E-state index contributed by atoms with van der Waals surface area (Å²) in [6.45, 7) is 5.90. The minimum absolute atomic E-state index is 0.269. The SMILES string of the molecule is CCOC(=O)c1c(-c2ccccc2)c(C(=O)OCC)n(CSC)c1C. The molecule has 2 rings (SSSR count). The summed E-state index contributed by atoms with van der Waals surface area (Å²) in [5, 5.41) is 0. The molecule has 6 heteroatoms. The Morgan fingerprint density at radius 1 is 1.04 bits per heavy atom. The van der Waals surface area contributed by atoms with Gasteiger partial charge in [0.05, 0.1) is 24.7 Å². The van der Waals surface area contributed by atoms with E-state index in [9.17, 15) is 9.59 Å². The van der Waals surface area contributed by atoms with Crippen molar-refractivity contribution in [2.24, 2.45) is 0 Å². The van der Waals surface area contributed by atoms with Crippen molar-refractivity contribution in [3.05, 3.63) is 47.3 Å². The van der Waals surface area contributed by atoms with Crippen LogP contribution in [0.3, 0.4) is 0 Å². The molecule has 2 aromatic rings. The third-order valence-electron chi connectivity index (χ3n) is 3.79. The van der Waals surface area contributed by atoms with Gasteiger partial charge in [-0.2, -0.15) is 0 Å². The Labute approximate surface area is 152 Å². The number of hydrogen-bond acceptors (Lipinski definition) is 5.